The van der Waals surface area contributed by atoms with E-state index in [-0.39, 0.29) is 71.0 Å². The zero-order valence-corrected chi connectivity index (χ0v) is 22.8. The molecular formula is C29H44O7. The van der Waals surface area contributed by atoms with Gasteiger partial charge in [0.25, 0.3) is 0 Å². The molecular weight excluding hydrogens is 460 g/mol. The molecule has 0 spiro atoms. The number of esters is 3. The molecule has 4 rings (SSSR count). The number of methoxy groups -OCH3 is 1. The van der Waals surface area contributed by atoms with Crippen molar-refractivity contribution in [3.63, 3.8) is 0 Å². The number of Topliss-reactive ketones (excluding diaryl/α,β-unsaturated/α-hetero) is 1. The first-order valence-electron chi connectivity index (χ1n) is 13.9. The molecule has 0 bridgehead atoms. The number of ketones is 1. The Hall–Kier alpha value is -1.92. The predicted octanol–water partition coefficient (Wildman–Crippen LogP) is 4.89. The molecule has 202 valence electrons. The van der Waals surface area contributed by atoms with Crippen molar-refractivity contribution < 1.29 is 33.4 Å². The van der Waals surface area contributed by atoms with Crippen LogP contribution in [-0.2, 0) is 33.4 Å². The molecule has 0 unspecified atom stereocenters. The van der Waals surface area contributed by atoms with Gasteiger partial charge in [-0.05, 0) is 80.0 Å². The average Bonchev–Trinajstić information content (AvgIpc) is 3.16. The van der Waals surface area contributed by atoms with E-state index in [4.69, 9.17) is 14.2 Å². The van der Waals surface area contributed by atoms with E-state index >= 15 is 0 Å². The highest BCUT2D eigenvalue weighted by molar-refractivity contribution is 5.87. The SMILES string of the molecule is COC(=O)CC[C@H](C)[C@@H]1CC[C@@H]2[C@H]3[C@H](OC(C)=O)C[C@H]4C[C@@H](OC(C)=O)CC[C@@]4(C)[C@H]3CC(=O)[C@@]21C. The molecule has 4 aliphatic carbocycles. The van der Waals surface area contributed by atoms with Gasteiger partial charge in [-0.1, -0.05) is 20.8 Å². The van der Waals surface area contributed by atoms with Gasteiger partial charge in [0.15, 0.2) is 0 Å². The summed E-state index contributed by atoms with van der Waals surface area (Å²) in [5, 5.41) is 0. The Balaban J connectivity index is 1.62. The molecule has 4 aliphatic rings. The fourth-order valence-corrected chi connectivity index (χ4v) is 9.14. The van der Waals surface area contributed by atoms with Crippen LogP contribution in [0, 0.1) is 46.3 Å². The van der Waals surface area contributed by atoms with Crippen LogP contribution in [0.15, 0.2) is 0 Å². The first-order valence-corrected chi connectivity index (χ1v) is 13.9. The summed E-state index contributed by atoms with van der Waals surface area (Å²) >= 11 is 0. The van der Waals surface area contributed by atoms with E-state index in [0.717, 1.165) is 38.5 Å². The normalized spacial score (nSPS) is 42.4. The van der Waals surface area contributed by atoms with Gasteiger partial charge in [-0.25, -0.2) is 0 Å². The molecule has 0 N–H and O–H groups in total. The Kier molecular flexibility index (Phi) is 7.60. The van der Waals surface area contributed by atoms with E-state index in [0.29, 0.717) is 25.0 Å². The van der Waals surface area contributed by atoms with Gasteiger partial charge >= 0.3 is 17.9 Å². The first kappa shape index (κ1) is 27.1. The van der Waals surface area contributed by atoms with Crippen LogP contribution >= 0.6 is 0 Å². The minimum absolute atomic E-state index is 0.0382. The number of hydrogen-bond acceptors (Lipinski definition) is 7. The number of fused-ring (bicyclic) bond motifs is 5. The summed E-state index contributed by atoms with van der Waals surface area (Å²) in [7, 11) is 1.41. The van der Waals surface area contributed by atoms with E-state index in [1.165, 1.54) is 21.0 Å². The molecule has 0 saturated heterocycles. The van der Waals surface area contributed by atoms with Gasteiger partial charge in [0.05, 0.1) is 7.11 Å². The van der Waals surface area contributed by atoms with E-state index in [9.17, 15) is 19.2 Å². The Morgan fingerprint density at radius 3 is 2.33 bits per heavy atom. The summed E-state index contributed by atoms with van der Waals surface area (Å²) in [6.45, 7) is 9.57. The molecule has 0 aromatic carbocycles. The van der Waals surface area contributed by atoms with Gasteiger partial charge in [-0.2, -0.15) is 0 Å². The van der Waals surface area contributed by atoms with Gasteiger partial charge in [-0.3, -0.25) is 19.2 Å². The molecule has 7 heteroatoms. The van der Waals surface area contributed by atoms with Gasteiger partial charge in [0.1, 0.15) is 18.0 Å². The molecule has 0 aromatic rings. The van der Waals surface area contributed by atoms with Crippen LogP contribution in [0.5, 0.6) is 0 Å². The van der Waals surface area contributed by atoms with Crippen LogP contribution in [0.4, 0.5) is 0 Å². The lowest BCUT2D eigenvalue weighted by Crippen LogP contribution is -2.62. The zero-order chi connectivity index (χ0) is 26.4. The van der Waals surface area contributed by atoms with Gasteiger partial charge in [0.2, 0.25) is 0 Å². The second-order valence-corrected chi connectivity index (χ2v) is 12.6. The van der Waals surface area contributed by atoms with Crippen LogP contribution in [0.25, 0.3) is 0 Å². The smallest absolute Gasteiger partial charge is 0.305 e. The van der Waals surface area contributed by atoms with Crippen LogP contribution < -0.4 is 0 Å². The Bertz CT molecular complexity index is 898. The van der Waals surface area contributed by atoms with E-state index in [2.05, 4.69) is 20.8 Å². The minimum Gasteiger partial charge on any atom is -0.469 e. The molecule has 36 heavy (non-hydrogen) atoms. The third-order valence-corrected chi connectivity index (χ3v) is 10.9. The maximum Gasteiger partial charge on any atom is 0.305 e. The van der Waals surface area contributed by atoms with Crippen LogP contribution in [0.2, 0.25) is 0 Å². The summed E-state index contributed by atoms with van der Waals surface area (Å²) in [6, 6.07) is 0. The number of carbonyl (C=O) groups is 4. The summed E-state index contributed by atoms with van der Waals surface area (Å²) in [5.74, 6) is 0.785. The monoisotopic (exact) mass is 504 g/mol. The van der Waals surface area contributed by atoms with Gasteiger partial charge in [-0.15, -0.1) is 0 Å². The van der Waals surface area contributed by atoms with Crippen molar-refractivity contribution in [1.29, 1.82) is 0 Å². The summed E-state index contributed by atoms with van der Waals surface area (Å²) in [6.07, 6.45) is 6.44. The lowest BCUT2D eigenvalue weighted by molar-refractivity contribution is -0.196. The largest absolute Gasteiger partial charge is 0.469 e. The second kappa shape index (κ2) is 10.1. The number of ether oxygens (including phenoxy) is 3. The molecule has 0 aliphatic heterocycles. The van der Waals surface area contributed by atoms with Crippen molar-refractivity contribution in [3.05, 3.63) is 0 Å². The topological polar surface area (TPSA) is 96.0 Å². The van der Waals surface area contributed by atoms with Gasteiger partial charge < -0.3 is 14.2 Å². The summed E-state index contributed by atoms with van der Waals surface area (Å²) < 4.78 is 16.5. The highest BCUT2D eigenvalue weighted by atomic mass is 16.5. The Morgan fingerprint density at radius 1 is 1.00 bits per heavy atom. The fourth-order valence-electron chi connectivity index (χ4n) is 9.14. The Labute approximate surface area is 215 Å². The molecule has 0 radical (unpaired) electrons. The molecule has 0 amide bonds. The van der Waals surface area contributed by atoms with Crippen LogP contribution in [0.1, 0.15) is 92.4 Å². The number of rotatable bonds is 6. The van der Waals surface area contributed by atoms with Crippen molar-refractivity contribution >= 4 is 23.7 Å². The molecule has 0 heterocycles. The van der Waals surface area contributed by atoms with E-state index in [1.54, 1.807) is 0 Å². The third-order valence-electron chi connectivity index (χ3n) is 10.9. The van der Waals surface area contributed by atoms with Crippen LogP contribution in [-0.4, -0.2) is 43.0 Å². The highest BCUT2D eigenvalue weighted by Crippen LogP contribution is 2.67. The average molecular weight is 505 g/mol. The van der Waals surface area contributed by atoms with Crippen molar-refractivity contribution in [2.75, 3.05) is 7.11 Å². The fraction of sp³-hybridized carbons (Fsp3) is 0.862. The van der Waals surface area contributed by atoms with Crippen LogP contribution in [0.3, 0.4) is 0 Å². The first-order chi connectivity index (χ1) is 16.9. The standard InChI is InChI=1S/C29H44O7/c1-16(7-10-26(33)34-6)21-8-9-22-27-23(15-25(32)29(21,22)5)28(4)12-11-20(35-17(2)30)13-19(28)14-24(27)36-18(3)31/h16,19-24,27H,7-15H2,1-6H3/t16-,19+,20-,21-,22+,23-,24+,27+,28+,29+/m0/s1. The minimum atomic E-state index is -0.465. The van der Waals surface area contributed by atoms with Gasteiger partial charge in [0, 0.05) is 38.0 Å². The lowest BCUT2D eigenvalue weighted by atomic mass is 9.43. The maximum atomic E-state index is 14.0. The molecule has 10 atom stereocenters. The molecule has 4 fully saturated rings. The van der Waals surface area contributed by atoms with Crippen molar-refractivity contribution in [3.8, 4) is 0 Å². The summed E-state index contributed by atoms with van der Waals surface area (Å²) in [4.78, 5) is 49.7. The predicted molar refractivity (Wildman–Crippen MR) is 133 cm³/mol. The third kappa shape index (κ3) is 4.60. The Morgan fingerprint density at radius 2 is 1.69 bits per heavy atom. The zero-order valence-electron chi connectivity index (χ0n) is 22.8. The second-order valence-electron chi connectivity index (χ2n) is 12.6. The lowest BCUT2D eigenvalue weighted by Gasteiger charge is -2.62. The molecule has 4 saturated carbocycles. The number of hydrogen-bond donors (Lipinski definition) is 0. The molecule has 7 nitrogen and oxygen atoms in total. The van der Waals surface area contributed by atoms with Crippen molar-refractivity contribution in [2.24, 2.45) is 46.3 Å². The maximum absolute atomic E-state index is 14.0. The number of carbonyl (C=O) groups excluding carboxylic acids is 4. The van der Waals surface area contributed by atoms with Crippen molar-refractivity contribution in [2.45, 2.75) is 105 Å². The van der Waals surface area contributed by atoms with E-state index in [1.807, 2.05) is 0 Å². The quantitative estimate of drug-likeness (QED) is 0.375. The molecule has 0 aromatic heterocycles. The van der Waals surface area contributed by atoms with E-state index < -0.39 is 5.41 Å². The highest BCUT2D eigenvalue weighted by Gasteiger charge is 2.66. The van der Waals surface area contributed by atoms with Crippen molar-refractivity contribution in [1.82, 2.24) is 0 Å². The summed E-state index contributed by atoms with van der Waals surface area (Å²) in [5.41, 5.74) is -0.503.